The van der Waals surface area contributed by atoms with Gasteiger partial charge in [-0.3, -0.25) is 9.78 Å². The van der Waals surface area contributed by atoms with Crippen LogP contribution in [0.2, 0.25) is 0 Å². The molecule has 1 heterocycles. The molecule has 0 spiro atoms. The van der Waals surface area contributed by atoms with Crippen molar-refractivity contribution in [2.45, 2.75) is 0 Å². The average Bonchev–Trinajstić information content (AvgIpc) is 1.59. The first-order valence-electron chi connectivity index (χ1n) is 2.08. The minimum Gasteiger partial charge on any atom is -0.382 e. The van der Waals surface area contributed by atoms with Gasteiger partial charge in [-0.1, -0.05) is 0 Å². The molecule has 1 aromatic rings. The summed E-state index contributed by atoms with van der Waals surface area (Å²) >= 11 is 0. The second-order valence-corrected chi connectivity index (χ2v) is 1.33. The van der Waals surface area contributed by atoms with Crippen LogP contribution in [0.25, 0.3) is 0 Å². The van der Waals surface area contributed by atoms with Crippen molar-refractivity contribution in [2.24, 2.45) is 0 Å². The highest BCUT2D eigenvalue weighted by atomic mass is 19.1. The summed E-state index contributed by atoms with van der Waals surface area (Å²) < 4.78 is 15.6. The first kappa shape index (κ1) is 5.74. The maximum atomic E-state index is 11.8. The van der Waals surface area contributed by atoms with Crippen LogP contribution in [0.5, 0.6) is 0 Å². The van der Waals surface area contributed by atoms with Crippen LogP contribution in [0.15, 0.2) is 20.1 Å². The van der Waals surface area contributed by atoms with E-state index in [1.54, 1.807) is 4.98 Å². The molecule has 48 valence electrons. The second-order valence-electron chi connectivity index (χ2n) is 1.33. The predicted octanol–water partition coefficient (Wildman–Crippen LogP) is -0.533. The van der Waals surface area contributed by atoms with Crippen molar-refractivity contribution in [3.8, 4) is 0 Å². The summed E-state index contributed by atoms with van der Waals surface area (Å²) in [6.45, 7) is 0. The van der Waals surface area contributed by atoms with Crippen molar-refractivity contribution in [3.05, 3.63) is 33.0 Å². The maximum absolute atomic E-state index is 11.8. The molecule has 0 aliphatic carbocycles. The highest BCUT2D eigenvalue weighted by Gasteiger charge is 1.93. The Morgan fingerprint density at radius 1 is 1.56 bits per heavy atom. The van der Waals surface area contributed by atoms with E-state index in [0.717, 1.165) is 0 Å². The zero-order valence-corrected chi connectivity index (χ0v) is 4.18. The molecular formula is C4H2FNO3. The third kappa shape index (κ3) is 1.25. The Morgan fingerprint density at radius 3 is 2.67 bits per heavy atom. The van der Waals surface area contributed by atoms with E-state index in [2.05, 4.69) is 4.42 Å². The minimum atomic E-state index is -1.18. The van der Waals surface area contributed by atoms with Gasteiger partial charge in [0.1, 0.15) is 0 Å². The molecule has 5 heteroatoms. The molecule has 0 radical (unpaired) electrons. The SMILES string of the molecule is O=c1cc(F)oc(=O)[nH]1. The van der Waals surface area contributed by atoms with E-state index in [0.29, 0.717) is 6.07 Å². The van der Waals surface area contributed by atoms with E-state index in [1.807, 2.05) is 0 Å². The molecule has 0 bridgehead atoms. The van der Waals surface area contributed by atoms with E-state index >= 15 is 0 Å². The van der Waals surface area contributed by atoms with Gasteiger partial charge >= 0.3 is 5.76 Å². The Balaban J connectivity index is 3.52. The number of aromatic amines is 1. The molecule has 1 rings (SSSR count). The first-order valence-corrected chi connectivity index (χ1v) is 2.08. The van der Waals surface area contributed by atoms with Crippen LogP contribution in [0, 0.1) is 6.01 Å². The highest BCUT2D eigenvalue weighted by Crippen LogP contribution is 1.80. The lowest BCUT2D eigenvalue weighted by Crippen LogP contribution is -2.17. The molecule has 0 unspecified atom stereocenters. The van der Waals surface area contributed by atoms with Gasteiger partial charge in [0, 0.05) is 0 Å². The van der Waals surface area contributed by atoms with Crippen molar-refractivity contribution in [1.29, 1.82) is 0 Å². The summed E-state index contributed by atoms with van der Waals surface area (Å²) in [4.78, 5) is 21.9. The van der Waals surface area contributed by atoms with Crippen LogP contribution < -0.4 is 11.3 Å². The smallest absolute Gasteiger partial charge is 0.382 e. The van der Waals surface area contributed by atoms with Gasteiger partial charge in [-0.25, -0.2) is 4.79 Å². The molecule has 0 saturated carbocycles. The molecule has 0 aliphatic rings. The van der Waals surface area contributed by atoms with Crippen LogP contribution in [0.1, 0.15) is 0 Å². The normalized spacial score (nSPS) is 9.44. The summed E-state index contributed by atoms with van der Waals surface area (Å²) in [6.07, 6.45) is 0. The Kier molecular flexibility index (Phi) is 1.18. The summed E-state index contributed by atoms with van der Waals surface area (Å²) in [5.74, 6) is -1.08. The summed E-state index contributed by atoms with van der Waals surface area (Å²) in [7, 11) is 0. The zero-order valence-electron chi connectivity index (χ0n) is 4.18. The van der Waals surface area contributed by atoms with Gasteiger partial charge in [0.25, 0.3) is 11.6 Å². The number of hydrogen-bond donors (Lipinski definition) is 1. The molecule has 1 aromatic heterocycles. The van der Waals surface area contributed by atoms with Crippen molar-refractivity contribution < 1.29 is 8.81 Å². The zero-order chi connectivity index (χ0) is 6.85. The number of hydrogen-bond acceptors (Lipinski definition) is 3. The predicted molar refractivity (Wildman–Crippen MR) is 25.6 cm³/mol. The van der Waals surface area contributed by atoms with Crippen LogP contribution in [0.4, 0.5) is 4.39 Å². The highest BCUT2D eigenvalue weighted by molar-refractivity contribution is 4.77. The van der Waals surface area contributed by atoms with Crippen LogP contribution in [-0.2, 0) is 0 Å². The fourth-order valence-corrected chi connectivity index (χ4v) is 0.383. The van der Waals surface area contributed by atoms with Gasteiger partial charge in [0.15, 0.2) is 0 Å². The van der Waals surface area contributed by atoms with Gasteiger partial charge in [-0.05, 0) is 0 Å². The fraction of sp³-hybridized carbons (Fsp3) is 0. The third-order valence-electron chi connectivity index (χ3n) is 0.660. The Bertz CT molecular complexity index is 284. The van der Waals surface area contributed by atoms with E-state index in [4.69, 9.17) is 0 Å². The standard InChI is InChI=1S/C4H2FNO3/c5-2-1-3(7)6-4(8)9-2/h1H,(H,6,7,8). The Hall–Kier alpha value is -1.39. The van der Waals surface area contributed by atoms with Gasteiger partial charge in [-0.2, -0.15) is 4.39 Å². The first-order chi connectivity index (χ1) is 4.18. The summed E-state index contributed by atoms with van der Waals surface area (Å²) in [6, 6.07) is -0.634. The third-order valence-corrected chi connectivity index (χ3v) is 0.660. The van der Waals surface area contributed by atoms with Crippen molar-refractivity contribution in [3.63, 3.8) is 0 Å². The molecule has 0 fully saturated rings. The van der Waals surface area contributed by atoms with E-state index in [-0.39, 0.29) is 0 Å². The lowest BCUT2D eigenvalue weighted by Gasteiger charge is -1.79. The molecule has 4 nitrogen and oxygen atoms in total. The van der Waals surface area contributed by atoms with E-state index in [9.17, 15) is 14.0 Å². The Labute approximate surface area is 47.9 Å². The van der Waals surface area contributed by atoms with E-state index < -0.39 is 17.3 Å². The summed E-state index contributed by atoms with van der Waals surface area (Å²) in [5, 5.41) is 0. The van der Waals surface area contributed by atoms with E-state index in [1.165, 1.54) is 0 Å². The van der Waals surface area contributed by atoms with Gasteiger partial charge in [-0.15, -0.1) is 0 Å². The second kappa shape index (κ2) is 1.85. The number of halogens is 1. The van der Waals surface area contributed by atoms with Crippen molar-refractivity contribution >= 4 is 0 Å². The van der Waals surface area contributed by atoms with Gasteiger partial charge < -0.3 is 4.42 Å². The molecule has 9 heavy (non-hydrogen) atoms. The van der Waals surface area contributed by atoms with Gasteiger partial charge in [0.05, 0.1) is 6.07 Å². The van der Waals surface area contributed by atoms with Crippen molar-refractivity contribution in [1.82, 2.24) is 4.98 Å². The molecule has 0 atom stereocenters. The fourth-order valence-electron chi connectivity index (χ4n) is 0.383. The number of aromatic nitrogens is 1. The lowest BCUT2D eigenvalue weighted by atomic mass is 10.7. The minimum absolute atomic E-state index is 0.543. The van der Waals surface area contributed by atoms with Gasteiger partial charge in [0.2, 0.25) is 0 Å². The lowest BCUT2D eigenvalue weighted by molar-refractivity contribution is 0.310. The number of H-pyrrole nitrogens is 1. The average molecular weight is 131 g/mol. The molecule has 0 saturated heterocycles. The van der Waals surface area contributed by atoms with Crippen LogP contribution in [0.3, 0.4) is 0 Å². The summed E-state index contributed by atoms with van der Waals surface area (Å²) in [5.41, 5.74) is -0.802. The maximum Gasteiger partial charge on any atom is 0.421 e. The molecule has 0 amide bonds. The largest absolute Gasteiger partial charge is 0.421 e. The number of nitrogens with one attached hydrogen (secondary N) is 1. The topological polar surface area (TPSA) is 63.1 Å². The molecule has 1 N–H and O–H groups in total. The molecular weight excluding hydrogens is 129 g/mol. The number of rotatable bonds is 0. The van der Waals surface area contributed by atoms with Crippen LogP contribution >= 0.6 is 0 Å². The monoisotopic (exact) mass is 131 g/mol. The van der Waals surface area contributed by atoms with Crippen LogP contribution in [-0.4, -0.2) is 4.98 Å². The molecule has 0 aliphatic heterocycles. The quantitative estimate of drug-likeness (QED) is 0.514. The molecule has 0 aromatic carbocycles. The van der Waals surface area contributed by atoms with Crippen molar-refractivity contribution in [2.75, 3.05) is 0 Å². The Morgan fingerprint density at radius 2 is 2.22 bits per heavy atom.